The second-order valence-corrected chi connectivity index (χ2v) is 6.11. The molecule has 1 rings (SSSR count). The molecule has 1 aromatic carbocycles. The average molecular weight is 304 g/mol. The van der Waals surface area contributed by atoms with Crippen LogP contribution in [0.1, 0.15) is 45.2 Å². The number of benzene rings is 1. The van der Waals surface area contributed by atoms with Gasteiger partial charge in [-0.1, -0.05) is 6.92 Å². The van der Waals surface area contributed by atoms with Gasteiger partial charge in [0.1, 0.15) is 5.82 Å². The zero-order valence-corrected chi connectivity index (χ0v) is 15.0. The highest BCUT2D eigenvalue weighted by molar-refractivity contribution is 5.78. The molecule has 0 aliphatic heterocycles. The number of rotatable bonds is 6. The van der Waals surface area contributed by atoms with E-state index in [0.717, 1.165) is 29.8 Å². The fourth-order valence-corrected chi connectivity index (χ4v) is 2.37. The number of nitrogens with zero attached hydrogens (tertiary/aromatic N) is 2. The van der Waals surface area contributed by atoms with Crippen LogP contribution in [0.25, 0.3) is 0 Å². The highest BCUT2D eigenvalue weighted by Gasteiger charge is 2.16. The summed E-state index contributed by atoms with van der Waals surface area (Å²) < 4.78 is 14.1. The molecule has 1 aromatic rings. The van der Waals surface area contributed by atoms with E-state index in [1.807, 2.05) is 20.1 Å². The minimum atomic E-state index is -0.128. The molecule has 0 aliphatic rings. The van der Waals surface area contributed by atoms with Gasteiger partial charge >= 0.3 is 0 Å². The standard InChI is InChI=1S/C19H29FN2/c1-8-16(5)22(12-15(4)14(3)11-21-7)18-9-13(2)17(6)19(20)10-18/h9-11,16H,8,12H2,1-7H3/b15-14+,21-11-. The van der Waals surface area contributed by atoms with E-state index in [-0.39, 0.29) is 5.82 Å². The molecule has 22 heavy (non-hydrogen) atoms. The average Bonchev–Trinajstić information content (AvgIpc) is 2.48. The Bertz CT molecular complexity index is 550. The Balaban J connectivity index is 3.22. The Morgan fingerprint density at radius 1 is 1.32 bits per heavy atom. The normalized spacial score (nSPS) is 14.2. The van der Waals surface area contributed by atoms with Crippen LogP contribution in [0.5, 0.6) is 0 Å². The van der Waals surface area contributed by atoms with Gasteiger partial charge in [0.25, 0.3) is 0 Å². The van der Waals surface area contributed by atoms with Crippen LogP contribution in [0.2, 0.25) is 0 Å². The lowest BCUT2D eigenvalue weighted by atomic mass is 10.0. The molecule has 0 bridgehead atoms. The Kier molecular flexibility index (Phi) is 6.79. The fraction of sp³-hybridized carbons (Fsp3) is 0.526. The molecule has 0 saturated carbocycles. The van der Waals surface area contributed by atoms with Gasteiger partial charge in [0.2, 0.25) is 0 Å². The van der Waals surface area contributed by atoms with Crippen molar-refractivity contribution in [2.75, 3.05) is 18.5 Å². The zero-order valence-electron chi connectivity index (χ0n) is 15.0. The van der Waals surface area contributed by atoms with Crippen LogP contribution in [-0.4, -0.2) is 25.8 Å². The van der Waals surface area contributed by atoms with Crippen molar-refractivity contribution in [3.63, 3.8) is 0 Å². The summed E-state index contributed by atoms with van der Waals surface area (Å²) in [6.45, 7) is 13.1. The molecule has 0 aromatic heterocycles. The van der Waals surface area contributed by atoms with Gasteiger partial charge in [-0.3, -0.25) is 4.99 Å². The fourth-order valence-electron chi connectivity index (χ4n) is 2.37. The summed E-state index contributed by atoms with van der Waals surface area (Å²) in [7, 11) is 1.78. The summed E-state index contributed by atoms with van der Waals surface area (Å²) >= 11 is 0. The molecule has 122 valence electrons. The van der Waals surface area contributed by atoms with E-state index in [1.165, 1.54) is 11.1 Å². The highest BCUT2D eigenvalue weighted by atomic mass is 19.1. The number of hydrogen-bond acceptors (Lipinski definition) is 2. The highest BCUT2D eigenvalue weighted by Crippen LogP contribution is 2.25. The third-order valence-corrected chi connectivity index (χ3v) is 4.45. The van der Waals surface area contributed by atoms with Crippen LogP contribution in [0.15, 0.2) is 28.3 Å². The van der Waals surface area contributed by atoms with E-state index >= 15 is 0 Å². The Morgan fingerprint density at radius 2 is 1.95 bits per heavy atom. The number of halogens is 1. The molecule has 1 unspecified atom stereocenters. The Labute approximate surface area is 134 Å². The first-order valence-electron chi connectivity index (χ1n) is 7.93. The molecular formula is C19H29FN2. The maximum atomic E-state index is 14.1. The lowest BCUT2D eigenvalue weighted by Gasteiger charge is -2.32. The summed E-state index contributed by atoms with van der Waals surface area (Å²) in [5.41, 5.74) is 5.10. The molecule has 0 amide bonds. The second-order valence-electron chi connectivity index (χ2n) is 6.11. The molecule has 0 N–H and O–H groups in total. The van der Waals surface area contributed by atoms with E-state index in [2.05, 4.69) is 43.7 Å². The number of aliphatic imine (C=N–C) groups is 1. The molecule has 3 heteroatoms. The van der Waals surface area contributed by atoms with Crippen molar-refractivity contribution < 1.29 is 4.39 Å². The van der Waals surface area contributed by atoms with Gasteiger partial charge in [-0.15, -0.1) is 0 Å². The SMILES string of the molecule is CCC(C)N(C/C(C)=C(C)/C=N\C)c1cc(C)c(C)c(F)c1. The summed E-state index contributed by atoms with van der Waals surface area (Å²) in [6, 6.07) is 4.09. The van der Waals surface area contributed by atoms with E-state index in [0.29, 0.717) is 6.04 Å². The Hall–Kier alpha value is -1.64. The van der Waals surface area contributed by atoms with E-state index in [4.69, 9.17) is 0 Å². The molecule has 0 spiro atoms. The van der Waals surface area contributed by atoms with E-state index in [1.54, 1.807) is 13.1 Å². The smallest absolute Gasteiger partial charge is 0.128 e. The van der Waals surface area contributed by atoms with Gasteiger partial charge in [-0.2, -0.15) is 0 Å². The largest absolute Gasteiger partial charge is 0.365 e. The number of allylic oxidation sites excluding steroid dienone is 1. The molecule has 0 aliphatic carbocycles. The van der Waals surface area contributed by atoms with Crippen LogP contribution < -0.4 is 4.90 Å². The second kappa shape index (κ2) is 8.11. The minimum absolute atomic E-state index is 0.128. The predicted octanol–water partition coefficient (Wildman–Crippen LogP) is 5.08. The van der Waals surface area contributed by atoms with Crippen molar-refractivity contribution in [1.82, 2.24) is 0 Å². The predicted molar refractivity (Wildman–Crippen MR) is 95.8 cm³/mol. The maximum absolute atomic E-state index is 14.1. The van der Waals surface area contributed by atoms with Gasteiger partial charge < -0.3 is 4.90 Å². The summed E-state index contributed by atoms with van der Waals surface area (Å²) in [6.07, 6.45) is 2.90. The van der Waals surface area contributed by atoms with E-state index < -0.39 is 0 Å². The maximum Gasteiger partial charge on any atom is 0.128 e. The molecule has 0 saturated heterocycles. The minimum Gasteiger partial charge on any atom is -0.365 e. The quantitative estimate of drug-likeness (QED) is 0.669. The van der Waals surface area contributed by atoms with Crippen molar-refractivity contribution in [2.24, 2.45) is 4.99 Å². The third-order valence-electron chi connectivity index (χ3n) is 4.45. The van der Waals surface area contributed by atoms with Gasteiger partial charge in [0, 0.05) is 31.5 Å². The van der Waals surface area contributed by atoms with Crippen LogP contribution in [-0.2, 0) is 0 Å². The summed E-state index contributed by atoms with van der Waals surface area (Å²) in [5.74, 6) is -0.128. The van der Waals surface area contributed by atoms with Gasteiger partial charge in [-0.05, 0) is 75.4 Å². The van der Waals surface area contributed by atoms with Crippen molar-refractivity contribution in [1.29, 1.82) is 0 Å². The monoisotopic (exact) mass is 304 g/mol. The first kappa shape index (κ1) is 18.4. The lowest BCUT2D eigenvalue weighted by Crippen LogP contribution is -2.34. The van der Waals surface area contributed by atoms with Crippen molar-refractivity contribution in [2.45, 2.75) is 54.0 Å². The Morgan fingerprint density at radius 3 is 2.45 bits per heavy atom. The lowest BCUT2D eigenvalue weighted by molar-refractivity contribution is 0.606. The molecular weight excluding hydrogens is 275 g/mol. The number of aryl methyl sites for hydroxylation is 1. The zero-order chi connectivity index (χ0) is 16.9. The van der Waals surface area contributed by atoms with Gasteiger partial charge in [0.15, 0.2) is 0 Å². The summed E-state index contributed by atoms with van der Waals surface area (Å²) in [4.78, 5) is 6.36. The topological polar surface area (TPSA) is 15.6 Å². The van der Waals surface area contributed by atoms with E-state index in [9.17, 15) is 4.39 Å². The molecule has 2 nitrogen and oxygen atoms in total. The first-order valence-corrected chi connectivity index (χ1v) is 7.93. The van der Waals surface area contributed by atoms with Crippen LogP contribution in [0, 0.1) is 19.7 Å². The molecule has 0 fully saturated rings. The van der Waals surface area contributed by atoms with Gasteiger partial charge in [-0.25, -0.2) is 4.39 Å². The third kappa shape index (κ3) is 4.43. The number of anilines is 1. The van der Waals surface area contributed by atoms with Crippen molar-refractivity contribution >= 4 is 11.9 Å². The van der Waals surface area contributed by atoms with Crippen molar-refractivity contribution in [3.8, 4) is 0 Å². The number of hydrogen-bond donors (Lipinski definition) is 0. The molecule has 1 atom stereocenters. The van der Waals surface area contributed by atoms with Crippen molar-refractivity contribution in [3.05, 3.63) is 40.2 Å². The van der Waals surface area contributed by atoms with Crippen LogP contribution in [0.3, 0.4) is 0 Å². The molecule has 0 radical (unpaired) electrons. The van der Waals surface area contributed by atoms with Gasteiger partial charge in [0.05, 0.1) is 0 Å². The molecule has 0 heterocycles. The summed E-state index contributed by atoms with van der Waals surface area (Å²) in [5, 5.41) is 0. The van der Waals surface area contributed by atoms with Crippen LogP contribution >= 0.6 is 0 Å². The van der Waals surface area contributed by atoms with Crippen LogP contribution in [0.4, 0.5) is 10.1 Å². The first-order chi connectivity index (χ1) is 10.3.